The van der Waals surface area contributed by atoms with E-state index in [4.69, 9.17) is 14.2 Å². The first-order chi connectivity index (χ1) is 16.2. The average Bonchev–Trinajstić information content (AvgIpc) is 3.49. The Hall–Kier alpha value is -3.79. The highest BCUT2D eigenvalue weighted by molar-refractivity contribution is 7.99. The minimum Gasteiger partial charge on any atom is -0.496 e. The molecule has 0 bridgehead atoms. The molecule has 0 spiro atoms. The van der Waals surface area contributed by atoms with Crippen LogP contribution >= 0.6 is 11.8 Å². The van der Waals surface area contributed by atoms with Gasteiger partial charge in [0.2, 0.25) is 17.9 Å². The molecule has 0 saturated carbocycles. The number of carbonyl (C=O) groups excluding carboxylic acids is 1. The van der Waals surface area contributed by atoms with Crippen LogP contribution in [0.2, 0.25) is 0 Å². The predicted molar refractivity (Wildman–Crippen MR) is 123 cm³/mol. The van der Waals surface area contributed by atoms with E-state index in [0.717, 1.165) is 28.3 Å². The van der Waals surface area contributed by atoms with E-state index in [9.17, 15) is 4.79 Å². The van der Waals surface area contributed by atoms with Gasteiger partial charge in [0.25, 0.3) is 0 Å². The lowest BCUT2D eigenvalue weighted by molar-refractivity contribution is -0.118. The minimum absolute atomic E-state index is 0.0847. The number of ether oxygens (including phenoxy) is 3. The summed E-state index contributed by atoms with van der Waals surface area (Å²) in [5, 5.41) is 16.5. The van der Waals surface area contributed by atoms with Crippen LogP contribution in [-0.4, -0.2) is 51.9 Å². The molecule has 0 aliphatic carbocycles. The summed E-state index contributed by atoms with van der Waals surface area (Å²) < 4.78 is 17.8. The molecule has 9 nitrogen and oxygen atoms in total. The smallest absolute Gasteiger partial charge is 0.231 e. The van der Waals surface area contributed by atoms with Crippen LogP contribution in [0.3, 0.4) is 0 Å². The second-order valence-corrected chi connectivity index (χ2v) is 8.18. The largest absolute Gasteiger partial charge is 0.496 e. The molecule has 1 N–H and O–H groups in total. The molecule has 10 heteroatoms. The number of methoxy groups -OCH3 is 1. The molecule has 33 heavy (non-hydrogen) atoms. The number of hydrogen-bond acceptors (Lipinski definition) is 8. The van der Waals surface area contributed by atoms with Crippen LogP contribution in [0.15, 0.2) is 59.8 Å². The van der Waals surface area contributed by atoms with E-state index in [2.05, 4.69) is 20.6 Å². The van der Waals surface area contributed by atoms with Gasteiger partial charge in [-0.1, -0.05) is 30.0 Å². The van der Waals surface area contributed by atoms with E-state index in [1.165, 1.54) is 11.8 Å². The van der Waals surface area contributed by atoms with Crippen LogP contribution in [0.25, 0.3) is 16.9 Å². The second-order valence-electron chi connectivity index (χ2n) is 7.24. The molecular formula is C23H21N5O4S. The zero-order chi connectivity index (χ0) is 22.6. The Bertz CT molecular complexity index is 1310. The minimum atomic E-state index is -0.0847. The molecule has 5 rings (SSSR count). The van der Waals surface area contributed by atoms with Gasteiger partial charge in [-0.3, -0.25) is 4.79 Å². The van der Waals surface area contributed by atoms with Crippen LogP contribution in [0.4, 0.5) is 0 Å². The zero-order valence-corrected chi connectivity index (χ0v) is 18.7. The van der Waals surface area contributed by atoms with Crippen LogP contribution in [0.5, 0.6) is 17.2 Å². The molecule has 0 radical (unpaired) electrons. The highest BCUT2D eigenvalue weighted by Gasteiger charge is 2.16. The normalized spacial score (nSPS) is 12.2. The van der Waals surface area contributed by atoms with E-state index in [1.807, 2.05) is 54.6 Å². The third kappa shape index (κ3) is 4.56. The van der Waals surface area contributed by atoms with Crippen molar-refractivity contribution in [2.75, 3.05) is 26.2 Å². The third-order valence-corrected chi connectivity index (χ3v) is 6.06. The van der Waals surface area contributed by atoms with Gasteiger partial charge in [-0.15, -0.1) is 10.2 Å². The van der Waals surface area contributed by atoms with Gasteiger partial charge in [0.15, 0.2) is 17.1 Å². The fraction of sp³-hybridized carbons (Fsp3) is 0.217. The van der Waals surface area contributed by atoms with Crippen molar-refractivity contribution >= 4 is 23.3 Å². The van der Waals surface area contributed by atoms with Gasteiger partial charge in [0.05, 0.1) is 18.6 Å². The van der Waals surface area contributed by atoms with Crippen LogP contribution in [0, 0.1) is 0 Å². The number of rotatable bonds is 8. The monoisotopic (exact) mass is 463 g/mol. The van der Waals surface area contributed by atoms with E-state index in [1.54, 1.807) is 11.6 Å². The lowest BCUT2D eigenvalue weighted by atomic mass is 10.1. The molecule has 168 valence electrons. The molecule has 1 aliphatic heterocycles. The first kappa shape index (κ1) is 21.1. The lowest BCUT2D eigenvalue weighted by Gasteiger charge is -2.09. The van der Waals surface area contributed by atoms with Crippen LogP contribution in [0.1, 0.15) is 5.56 Å². The Morgan fingerprint density at radius 3 is 2.91 bits per heavy atom. The Kier molecular flexibility index (Phi) is 5.99. The average molecular weight is 464 g/mol. The number of benzene rings is 2. The Morgan fingerprint density at radius 2 is 2.00 bits per heavy atom. The molecule has 1 aliphatic rings. The number of nitrogens with zero attached hydrogens (tertiary/aromatic N) is 4. The number of carbonyl (C=O) groups is 1. The van der Waals surface area contributed by atoms with Gasteiger partial charge in [0, 0.05) is 12.1 Å². The van der Waals surface area contributed by atoms with Crippen molar-refractivity contribution in [3.63, 3.8) is 0 Å². The summed E-state index contributed by atoms with van der Waals surface area (Å²) >= 11 is 1.29. The first-order valence-corrected chi connectivity index (χ1v) is 11.3. The fourth-order valence-corrected chi connectivity index (χ4v) is 4.21. The van der Waals surface area contributed by atoms with Crippen molar-refractivity contribution in [2.24, 2.45) is 0 Å². The number of hydrogen-bond donors (Lipinski definition) is 1. The number of thioether (sulfide) groups is 1. The third-order valence-electron chi connectivity index (χ3n) is 5.14. The maximum Gasteiger partial charge on any atom is 0.231 e. The summed E-state index contributed by atoms with van der Waals surface area (Å²) in [6.07, 6.45) is 0.689. The maximum atomic E-state index is 12.3. The van der Waals surface area contributed by atoms with Crippen LogP contribution < -0.4 is 19.5 Å². The molecule has 2 aromatic carbocycles. The Labute approximate surface area is 194 Å². The van der Waals surface area contributed by atoms with E-state index < -0.39 is 0 Å². The van der Waals surface area contributed by atoms with Crippen LogP contribution in [-0.2, 0) is 11.2 Å². The summed E-state index contributed by atoms with van der Waals surface area (Å²) in [5.74, 6) is 2.36. The van der Waals surface area contributed by atoms with Gasteiger partial charge in [-0.05, 0) is 48.4 Å². The highest BCUT2D eigenvalue weighted by atomic mass is 32.2. The molecule has 0 saturated heterocycles. The Balaban J connectivity index is 1.22. The molecule has 3 heterocycles. The summed E-state index contributed by atoms with van der Waals surface area (Å²) in [6.45, 7) is 0.741. The van der Waals surface area contributed by atoms with Crippen molar-refractivity contribution in [3.05, 3.63) is 60.2 Å². The predicted octanol–water partition coefficient (Wildman–Crippen LogP) is 2.98. The summed E-state index contributed by atoms with van der Waals surface area (Å²) in [4.78, 5) is 12.3. The van der Waals surface area contributed by atoms with Crippen molar-refractivity contribution in [1.29, 1.82) is 0 Å². The summed E-state index contributed by atoms with van der Waals surface area (Å²) in [6, 6.07) is 17.2. The Morgan fingerprint density at radius 1 is 1.12 bits per heavy atom. The highest BCUT2D eigenvalue weighted by Crippen LogP contribution is 2.35. The summed E-state index contributed by atoms with van der Waals surface area (Å²) in [7, 11) is 1.64. The number of aromatic nitrogens is 4. The summed E-state index contributed by atoms with van der Waals surface area (Å²) in [5.41, 5.74) is 3.29. The quantitative estimate of drug-likeness (QED) is 0.398. The van der Waals surface area contributed by atoms with Crippen molar-refractivity contribution in [3.8, 4) is 28.5 Å². The van der Waals surface area contributed by atoms with Gasteiger partial charge in [-0.25, -0.2) is 0 Å². The van der Waals surface area contributed by atoms with Gasteiger partial charge in [0.1, 0.15) is 5.75 Å². The number of fused-ring (bicyclic) bond motifs is 2. The number of nitrogens with one attached hydrogen (secondary N) is 1. The van der Waals surface area contributed by atoms with E-state index in [0.29, 0.717) is 29.5 Å². The number of para-hydroxylation sites is 1. The molecule has 0 fully saturated rings. The lowest BCUT2D eigenvalue weighted by Crippen LogP contribution is -2.27. The zero-order valence-electron chi connectivity index (χ0n) is 17.9. The van der Waals surface area contributed by atoms with Crippen molar-refractivity contribution in [2.45, 2.75) is 11.6 Å². The fourth-order valence-electron chi connectivity index (χ4n) is 3.50. The van der Waals surface area contributed by atoms with E-state index >= 15 is 0 Å². The maximum absolute atomic E-state index is 12.3. The van der Waals surface area contributed by atoms with E-state index in [-0.39, 0.29) is 18.5 Å². The molecule has 2 aromatic heterocycles. The number of amides is 1. The topological polar surface area (TPSA) is 99.9 Å². The molecule has 4 aromatic rings. The van der Waals surface area contributed by atoms with Gasteiger partial charge < -0.3 is 19.5 Å². The van der Waals surface area contributed by atoms with Crippen molar-refractivity contribution in [1.82, 2.24) is 25.1 Å². The van der Waals surface area contributed by atoms with Gasteiger partial charge in [-0.2, -0.15) is 9.61 Å². The second kappa shape index (κ2) is 9.37. The molecule has 0 atom stereocenters. The molecule has 1 amide bonds. The molecule has 0 unspecified atom stereocenters. The first-order valence-electron chi connectivity index (χ1n) is 10.3. The SMILES string of the molecule is COc1ccccc1CCNC(=O)CSc1nnc2ccc(-c3ccc4c(c3)OCO4)nn12. The van der Waals surface area contributed by atoms with Crippen molar-refractivity contribution < 1.29 is 19.0 Å². The van der Waals surface area contributed by atoms with Gasteiger partial charge >= 0.3 is 0 Å². The molecular weight excluding hydrogens is 442 g/mol. The standard InChI is InChI=1S/C23H21N5O4S/c1-30-18-5-3-2-4-15(18)10-11-24-22(29)13-33-23-26-25-21-9-7-17(27-28(21)23)16-6-8-19-20(12-16)32-14-31-19/h2-9,12H,10-11,13-14H2,1H3,(H,24,29).